The Morgan fingerprint density at radius 1 is 1.27 bits per heavy atom. The third kappa shape index (κ3) is 2.27. The number of aliphatic carboxylic acids is 1. The number of nitrogens with zero attached hydrogens (tertiary/aromatic N) is 1. The van der Waals surface area contributed by atoms with Gasteiger partial charge in [-0.3, -0.25) is 24.1 Å². The predicted molar refractivity (Wildman–Crippen MR) is 71.5 cm³/mol. The number of rotatable bonds is 5. The minimum atomic E-state index is -1.13. The summed E-state index contributed by atoms with van der Waals surface area (Å²) < 4.78 is 5.62. The van der Waals surface area contributed by atoms with Crippen molar-refractivity contribution in [3.63, 3.8) is 0 Å². The van der Waals surface area contributed by atoms with Crippen LogP contribution in [0.15, 0.2) is 0 Å². The van der Waals surface area contributed by atoms with E-state index in [1.165, 1.54) is 6.92 Å². The highest BCUT2D eigenvalue weighted by molar-refractivity contribution is 6.06. The largest absolute Gasteiger partial charge is 0.480 e. The van der Waals surface area contributed by atoms with E-state index in [2.05, 4.69) is 5.32 Å². The van der Waals surface area contributed by atoms with Crippen molar-refractivity contribution in [2.75, 3.05) is 6.54 Å². The van der Waals surface area contributed by atoms with Crippen LogP contribution in [0.3, 0.4) is 0 Å². The zero-order chi connectivity index (χ0) is 16.0. The minimum absolute atomic E-state index is 0.0116. The van der Waals surface area contributed by atoms with Crippen LogP contribution in [-0.4, -0.2) is 58.5 Å². The fourth-order valence-corrected chi connectivity index (χ4v) is 3.58. The van der Waals surface area contributed by atoms with Gasteiger partial charge in [0.15, 0.2) is 0 Å². The normalized spacial score (nSPS) is 34.0. The Bertz CT molecular complexity index is 519. The van der Waals surface area contributed by atoms with Crippen LogP contribution in [0.1, 0.15) is 26.2 Å². The second-order valence-corrected chi connectivity index (χ2v) is 6.05. The first-order chi connectivity index (χ1) is 10.4. The highest BCUT2D eigenvalue weighted by Crippen LogP contribution is 2.48. The van der Waals surface area contributed by atoms with Gasteiger partial charge in [0.2, 0.25) is 17.7 Å². The van der Waals surface area contributed by atoms with Crippen molar-refractivity contribution in [2.24, 2.45) is 11.8 Å². The van der Waals surface area contributed by atoms with Crippen molar-refractivity contribution in [3.05, 3.63) is 0 Å². The predicted octanol–water partition coefficient (Wildman–Crippen LogP) is -0.872. The topological polar surface area (TPSA) is 113 Å². The van der Waals surface area contributed by atoms with E-state index in [-0.39, 0.29) is 37.0 Å². The Kier molecular flexibility index (Phi) is 3.64. The van der Waals surface area contributed by atoms with E-state index >= 15 is 0 Å². The number of imide groups is 1. The number of hydrogen-bond donors (Lipinski definition) is 2. The number of fused-ring (bicyclic) bond motifs is 5. The maximum absolute atomic E-state index is 12.3. The molecule has 3 aliphatic heterocycles. The highest BCUT2D eigenvalue weighted by Gasteiger charge is 2.62. The van der Waals surface area contributed by atoms with Crippen LogP contribution >= 0.6 is 0 Å². The molecule has 2 bridgehead atoms. The number of likely N-dealkylation sites (tertiary alicyclic amines) is 1. The van der Waals surface area contributed by atoms with Crippen LogP contribution in [0.2, 0.25) is 0 Å². The Labute approximate surface area is 126 Å². The van der Waals surface area contributed by atoms with Crippen LogP contribution in [0.25, 0.3) is 0 Å². The summed E-state index contributed by atoms with van der Waals surface area (Å²) in [5.41, 5.74) is 0. The molecule has 0 aromatic heterocycles. The van der Waals surface area contributed by atoms with E-state index in [0.717, 1.165) is 17.7 Å². The molecule has 22 heavy (non-hydrogen) atoms. The zero-order valence-electron chi connectivity index (χ0n) is 12.2. The van der Waals surface area contributed by atoms with Gasteiger partial charge in [-0.05, 0) is 19.8 Å². The lowest BCUT2D eigenvalue weighted by atomic mass is 9.81. The van der Waals surface area contributed by atoms with Crippen LogP contribution in [0, 0.1) is 11.8 Å². The monoisotopic (exact) mass is 310 g/mol. The third-order valence-corrected chi connectivity index (χ3v) is 4.69. The first-order valence-corrected chi connectivity index (χ1v) is 7.43. The van der Waals surface area contributed by atoms with Gasteiger partial charge in [0, 0.05) is 13.0 Å². The first kappa shape index (κ1) is 15.0. The second-order valence-electron chi connectivity index (χ2n) is 6.05. The number of nitrogens with one attached hydrogen (secondary N) is 1. The van der Waals surface area contributed by atoms with E-state index in [0.29, 0.717) is 0 Å². The van der Waals surface area contributed by atoms with Gasteiger partial charge in [0.1, 0.15) is 6.04 Å². The van der Waals surface area contributed by atoms with Crippen molar-refractivity contribution in [1.29, 1.82) is 0 Å². The molecule has 0 aromatic carbocycles. The summed E-state index contributed by atoms with van der Waals surface area (Å²) in [5.74, 6) is -2.95. The number of carboxylic acid groups (broad SMARTS) is 1. The van der Waals surface area contributed by atoms with Gasteiger partial charge in [-0.15, -0.1) is 0 Å². The van der Waals surface area contributed by atoms with Gasteiger partial charge in [0.25, 0.3) is 0 Å². The lowest BCUT2D eigenvalue weighted by molar-refractivity contribution is -0.144. The lowest BCUT2D eigenvalue weighted by Crippen LogP contribution is -2.41. The number of carboxylic acids is 1. The average Bonchev–Trinajstić information content (AvgIpc) is 3.12. The van der Waals surface area contributed by atoms with E-state index in [1.807, 2.05) is 0 Å². The van der Waals surface area contributed by atoms with Crippen molar-refractivity contribution in [2.45, 2.75) is 44.4 Å². The van der Waals surface area contributed by atoms with Crippen LogP contribution in [0.4, 0.5) is 0 Å². The number of carbonyl (C=O) groups excluding carboxylic acids is 3. The van der Waals surface area contributed by atoms with Crippen molar-refractivity contribution in [1.82, 2.24) is 10.2 Å². The molecular weight excluding hydrogens is 292 g/mol. The Balaban J connectivity index is 1.58. The minimum Gasteiger partial charge on any atom is -0.480 e. The quantitative estimate of drug-likeness (QED) is 0.638. The molecule has 0 aromatic rings. The molecule has 2 N–H and O–H groups in total. The summed E-state index contributed by atoms with van der Waals surface area (Å²) in [6.07, 6.45) is 1.17. The molecule has 3 rings (SSSR count). The third-order valence-electron chi connectivity index (χ3n) is 4.69. The molecule has 120 valence electrons. The smallest absolute Gasteiger partial charge is 0.325 e. The van der Waals surface area contributed by atoms with Crippen LogP contribution in [0.5, 0.6) is 0 Å². The molecule has 0 saturated carbocycles. The summed E-state index contributed by atoms with van der Waals surface area (Å²) in [6, 6.07) is -0.999. The summed E-state index contributed by atoms with van der Waals surface area (Å²) in [6.45, 7) is 1.34. The molecule has 0 radical (unpaired) electrons. The molecule has 3 amide bonds. The number of amides is 3. The van der Waals surface area contributed by atoms with E-state index < -0.39 is 29.8 Å². The fraction of sp³-hybridized carbons (Fsp3) is 0.714. The van der Waals surface area contributed by atoms with Crippen LogP contribution < -0.4 is 5.32 Å². The molecule has 5 unspecified atom stereocenters. The maximum atomic E-state index is 12.3. The summed E-state index contributed by atoms with van der Waals surface area (Å²) in [4.78, 5) is 48.1. The second kappa shape index (κ2) is 5.35. The number of ether oxygens (including phenoxy) is 1. The highest BCUT2D eigenvalue weighted by atomic mass is 16.5. The molecule has 5 atom stereocenters. The molecule has 3 saturated heterocycles. The van der Waals surface area contributed by atoms with Gasteiger partial charge >= 0.3 is 5.97 Å². The number of hydrogen-bond acceptors (Lipinski definition) is 5. The van der Waals surface area contributed by atoms with Crippen molar-refractivity contribution in [3.8, 4) is 0 Å². The average molecular weight is 310 g/mol. The van der Waals surface area contributed by atoms with E-state index in [1.54, 1.807) is 0 Å². The van der Waals surface area contributed by atoms with Gasteiger partial charge in [-0.2, -0.15) is 0 Å². The molecule has 0 spiro atoms. The molecule has 3 heterocycles. The van der Waals surface area contributed by atoms with E-state index in [4.69, 9.17) is 9.84 Å². The molecule has 0 aliphatic carbocycles. The van der Waals surface area contributed by atoms with Gasteiger partial charge in [0.05, 0.1) is 24.0 Å². The first-order valence-electron chi connectivity index (χ1n) is 7.43. The lowest BCUT2D eigenvalue weighted by Gasteiger charge is -2.17. The molecule has 8 heteroatoms. The summed E-state index contributed by atoms with van der Waals surface area (Å²) in [5, 5.41) is 11.0. The SMILES string of the molecule is CC(NC(=O)CCN1C(=O)C2C3CCC(O3)C2C1=O)C(=O)O. The standard InChI is InChI=1S/C14H18N2O6/c1-6(14(20)21)15-9(17)4-5-16-12(18)10-7-2-3-8(22-7)11(10)13(16)19/h6-8,10-11H,2-5H2,1H3,(H,15,17)(H,20,21). The van der Waals surface area contributed by atoms with E-state index in [9.17, 15) is 19.2 Å². The molecule has 3 aliphatic rings. The molecule has 8 nitrogen and oxygen atoms in total. The Morgan fingerprint density at radius 2 is 1.82 bits per heavy atom. The van der Waals surface area contributed by atoms with Gasteiger partial charge in [-0.1, -0.05) is 0 Å². The Morgan fingerprint density at radius 3 is 2.32 bits per heavy atom. The number of carbonyl (C=O) groups is 4. The molecule has 3 fully saturated rings. The van der Waals surface area contributed by atoms with Gasteiger partial charge in [-0.25, -0.2) is 0 Å². The zero-order valence-corrected chi connectivity index (χ0v) is 12.2. The summed E-state index contributed by atoms with van der Waals surface area (Å²) >= 11 is 0. The Hall–Kier alpha value is -1.96. The molecular formula is C14H18N2O6. The van der Waals surface area contributed by atoms with Crippen molar-refractivity contribution >= 4 is 23.7 Å². The fourth-order valence-electron chi connectivity index (χ4n) is 3.58. The van der Waals surface area contributed by atoms with Crippen LogP contribution in [-0.2, 0) is 23.9 Å². The summed E-state index contributed by atoms with van der Waals surface area (Å²) in [7, 11) is 0. The van der Waals surface area contributed by atoms with Gasteiger partial charge < -0.3 is 15.2 Å². The van der Waals surface area contributed by atoms with Crippen molar-refractivity contribution < 1.29 is 29.0 Å². The maximum Gasteiger partial charge on any atom is 0.325 e.